The van der Waals surface area contributed by atoms with Crippen molar-refractivity contribution in [1.29, 1.82) is 0 Å². The van der Waals surface area contributed by atoms with E-state index in [0.717, 1.165) is 18.6 Å². The van der Waals surface area contributed by atoms with Gasteiger partial charge in [0.05, 0.1) is 8.34 Å². The molecule has 1 aromatic rings. The summed E-state index contributed by atoms with van der Waals surface area (Å²) in [7, 11) is 0. The van der Waals surface area contributed by atoms with Gasteiger partial charge in [0.1, 0.15) is 5.75 Å². The summed E-state index contributed by atoms with van der Waals surface area (Å²) in [6.07, 6.45) is 2.31. The predicted molar refractivity (Wildman–Crippen MR) is 77.4 cm³/mol. The molecule has 1 atom stereocenters. The monoisotopic (exact) mass is 272 g/mol. The van der Waals surface area contributed by atoms with E-state index in [1.54, 1.807) is 0 Å². The molecule has 3 heteroatoms. The standard InChI is InChI=1S/C16H25NO2/c1-17(2)12-15(13-6-8-14(18)9-7-13)16(19)10-4-3-5-11-16/h6-9,15,18-19H,3-5,10-12H2,1-2H3/i1D3,2D3,8D,9D,15D. The fourth-order valence-corrected chi connectivity index (χ4v) is 2.65. The Hall–Kier alpha value is -1.06. The van der Waals surface area contributed by atoms with Gasteiger partial charge in [-0.1, -0.05) is 31.4 Å². The largest absolute Gasteiger partial charge is 0.508 e. The molecule has 0 saturated heterocycles. The first-order valence-corrected chi connectivity index (χ1v) is 6.43. The predicted octanol–water partition coefficient (Wildman–Crippen LogP) is 2.73. The Labute approximate surface area is 128 Å². The van der Waals surface area contributed by atoms with Crippen LogP contribution in [0.1, 0.15) is 55.9 Å². The summed E-state index contributed by atoms with van der Waals surface area (Å²) in [6.45, 7) is -6.94. The summed E-state index contributed by atoms with van der Waals surface area (Å²) in [5.74, 6) is -2.74. The third kappa shape index (κ3) is 3.48. The Morgan fingerprint density at radius 3 is 2.58 bits per heavy atom. The van der Waals surface area contributed by atoms with Gasteiger partial charge < -0.3 is 15.1 Å². The Morgan fingerprint density at radius 1 is 1.37 bits per heavy atom. The SMILES string of the molecule is [2H]c1cc(C([2H])(CN(C([2H])([2H])[2H])C([2H])([2H])[2H])C2(O)CCCCC2)cc([2H])c1O. The van der Waals surface area contributed by atoms with E-state index < -0.39 is 49.8 Å². The van der Waals surface area contributed by atoms with Gasteiger partial charge >= 0.3 is 0 Å². The molecule has 106 valence electrons. The van der Waals surface area contributed by atoms with E-state index in [0.29, 0.717) is 12.8 Å². The lowest BCUT2D eigenvalue weighted by atomic mass is 9.72. The molecule has 0 bridgehead atoms. The van der Waals surface area contributed by atoms with Crippen molar-refractivity contribution >= 4 is 0 Å². The highest BCUT2D eigenvalue weighted by atomic mass is 16.3. The van der Waals surface area contributed by atoms with Gasteiger partial charge in [-0.2, -0.15) is 0 Å². The first-order chi connectivity index (χ1) is 12.6. The fraction of sp³-hybridized carbons (Fsp3) is 0.625. The second-order valence-electron chi connectivity index (χ2n) is 5.04. The number of nitrogens with zero attached hydrogens (tertiary/aromatic N) is 1. The number of hydrogen-bond donors (Lipinski definition) is 2. The number of rotatable bonds is 4. The zero-order valence-electron chi connectivity index (χ0n) is 19.7. The number of aromatic hydroxyl groups is 1. The summed E-state index contributed by atoms with van der Waals surface area (Å²) in [4.78, 5) is 0.222. The molecule has 1 aliphatic rings. The second-order valence-corrected chi connectivity index (χ2v) is 5.04. The topological polar surface area (TPSA) is 43.7 Å². The second kappa shape index (κ2) is 5.93. The molecular weight excluding hydrogens is 238 g/mol. The number of hydrogen-bond acceptors (Lipinski definition) is 3. The number of likely N-dealkylation sites (N-methyl/N-ethyl adjacent to an activating group) is 1. The lowest BCUT2D eigenvalue weighted by Crippen LogP contribution is -2.42. The van der Waals surface area contributed by atoms with Crippen molar-refractivity contribution in [3.8, 4) is 5.75 Å². The minimum atomic E-state index is -3.05. The molecule has 0 aliphatic heterocycles. The summed E-state index contributed by atoms with van der Waals surface area (Å²) in [5, 5.41) is 21.0. The Balaban J connectivity index is 2.66. The van der Waals surface area contributed by atoms with Crippen molar-refractivity contribution in [2.45, 2.75) is 43.6 Å². The van der Waals surface area contributed by atoms with Crippen molar-refractivity contribution < 1.29 is 22.5 Å². The van der Waals surface area contributed by atoms with E-state index in [-0.39, 0.29) is 23.3 Å². The molecular formula is C16H25NO2. The third-order valence-corrected chi connectivity index (χ3v) is 3.64. The third-order valence-electron chi connectivity index (χ3n) is 3.64. The van der Waals surface area contributed by atoms with Crippen LogP contribution in [0.5, 0.6) is 5.75 Å². The van der Waals surface area contributed by atoms with Crippen molar-refractivity contribution in [2.75, 3.05) is 20.5 Å². The van der Waals surface area contributed by atoms with Crippen LogP contribution in [0.2, 0.25) is 0 Å². The number of phenolic OH excluding ortho intramolecular Hbond substituents is 1. The maximum atomic E-state index is 11.3. The summed E-state index contributed by atoms with van der Waals surface area (Å²) < 4.78 is 70.3. The van der Waals surface area contributed by atoms with Crippen LogP contribution in [-0.2, 0) is 0 Å². The van der Waals surface area contributed by atoms with Crippen molar-refractivity contribution in [2.24, 2.45) is 0 Å². The summed E-state index contributed by atoms with van der Waals surface area (Å²) in [6, 6.07) is 1.27. The summed E-state index contributed by atoms with van der Waals surface area (Å²) in [5.41, 5.74) is -1.81. The van der Waals surface area contributed by atoms with E-state index in [2.05, 4.69) is 0 Å². The van der Waals surface area contributed by atoms with Gasteiger partial charge in [-0.3, -0.25) is 0 Å². The maximum absolute atomic E-state index is 11.3. The number of aliphatic hydroxyl groups is 1. The molecule has 1 saturated carbocycles. The molecule has 0 heterocycles. The molecule has 0 spiro atoms. The lowest BCUT2D eigenvalue weighted by Gasteiger charge is -2.40. The zero-order valence-corrected chi connectivity index (χ0v) is 10.7. The first-order valence-electron chi connectivity index (χ1n) is 10.9. The van der Waals surface area contributed by atoms with Crippen LogP contribution in [0, 0.1) is 0 Å². The van der Waals surface area contributed by atoms with Crippen LogP contribution in [0.15, 0.2) is 24.2 Å². The van der Waals surface area contributed by atoms with Crippen molar-refractivity contribution in [3.63, 3.8) is 0 Å². The van der Waals surface area contributed by atoms with Crippen molar-refractivity contribution in [3.05, 3.63) is 29.8 Å². The molecule has 0 amide bonds. The molecule has 0 aromatic heterocycles. The maximum Gasteiger partial charge on any atom is 0.115 e. The molecule has 1 unspecified atom stereocenters. The highest BCUT2D eigenvalue weighted by Crippen LogP contribution is 2.40. The Morgan fingerprint density at radius 2 is 2.00 bits per heavy atom. The minimum Gasteiger partial charge on any atom is -0.508 e. The minimum absolute atomic E-state index is 0.0665. The van der Waals surface area contributed by atoms with Crippen LogP contribution < -0.4 is 0 Å². The van der Waals surface area contributed by atoms with Gasteiger partial charge in [-0.25, -0.2) is 0 Å². The average Bonchev–Trinajstić information content (AvgIpc) is 2.55. The van der Waals surface area contributed by atoms with Gasteiger partial charge in [0.15, 0.2) is 0 Å². The lowest BCUT2D eigenvalue weighted by molar-refractivity contribution is -0.0277. The van der Waals surface area contributed by atoms with E-state index in [4.69, 9.17) is 12.3 Å². The average molecular weight is 272 g/mol. The highest BCUT2D eigenvalue weighted by Gasteiger charge is 2.38. The van der Waals surface area contributed by atoms with E-state index in [1.807, 2.05) is 0 Å². The molecule has 19 heavy (non-hydrogen) atoms. The molecule has 3 nitrogen and oxygen atoms in total. The van der Waals surface area contributed by atoms with E-state index in [1.165, 1.54) is 0 Å². The zero-order chi connectivity index (χ0) is 21.5. The van der Waals surface area contributed by atoms with Crippen LogP contribution >= 0.6 is 0 Å². The number of phenols is 1. The fourth-order valence-electron chi connectivity index (χ4n) is 2.65. The van der Waals surface area contributed by atoms with Crippen LogP contribution in [-0.4, -0.2) is 41.2 Å². The van der Waals surface area contributed by atoms with Gasteiger partial charge in [0.25, 0.3) is 0 Å². The van der Waals surface area contributed by atoms with Gasteiger partial charge in [-0.15, -0.1) is 0 Å². The molecule has 2 N–H and O–H groups in total. The van der Waals surface area contributed by atoms with Crippen LogP contribution in [0.25, 0.3) is 0 Å². The smallest absolute Gasteiger partial charge is 0.115 e. The molecule has 1 fully saturated rings. The summed E-state index contributed by atoms with van der Waals surface area (Å²) >= 11 is 0. The number of benzene rings is 1. The van der Waals surface area contributed by atoms with Gasteiger partial charge in [0, 0.05) is 22.0 Å². The molecule has 2 rings (SSSR count). The van der Waals surface area contributed by atoms with Crippen molar-refractivity contribution in [1.82, 2.24) is 4.90 Å². The van der Waals surface area contributed by atoms with Gasteiger partial charge in [0.2, 0.25) is 0 Å². The molecule has 1 aromatic carbocycles. The van der Waals surface area contributed by atoms with Crippen LogP contribution in [0.3, 0.4) is 0 Å². The Bertz CT molecular complexity index is 676. The highest BCUT2D eigenvalue weighted by molar-refractivity contribution is 5.30. The Kier molecular flexibility index (Phi) is 2.06. The first kappa shape index (κ1) is 6.59. The van der Waals surface area contributed by atoms with E-state index in [9.17, 15) is 10.2 Å². The molecule has 0 radical (unpaired) electrons. The van der Waals surface area contributed by atoms with Crippen LogP contribution in [0.4, 0.5) is 0 Å². The normalized spacial score (nSPS) is 30.3. The quantitative estimate of drug-likeness (QED) is 0.886. The van der Waals surface area contributed by atoms with Gasteiger partial charge in [-0.05, 0) is 44.4 Å². The van der Waals surface area contributed by atoms with E-state index >= 15 is 0 Å². The molecule has 1 aliphatic carbocycles.